The summed E-state index contributed by atoms with van der Waals surface area (Å²) in [5.74, 6) is 0. The summed E-state index contributed by atoms with van der Waals surface area (Å²) in [5, 5.41) is 0. The Kier molecular flexibility index (Phi) is 3.35. The van der Waals surface area contributed by atoms with Crippen molar-refractivity contribution in [2.75, 3.05) is 0 Å². The summed E-state index contributed by atoms with van der Waals surface area (Å²) >= 11 is 1.61. The Hall–Kier alpha value is -0.580. The number of benzene rings is 1. The maximum atomic E-state index is 10.4. The maximum Gasteiger partial charge on any atom is 0.367 e. The Morgan fingerprint density at radius 2 is 2.00 bits per heavy atom. The lowest BCUT2D eigenvalue weighted by atomic mass is 10.2. The van der Waals surface area contributed by atoms with Gasteiger partial charge in [-0.1, -0.05) is 30.3 Å². The second-order valence-electron chi connectivity index (χ2n) is 2.01. The highest BCUT2D eigenvalue weighted by Crippen LogP contribution is 2.02. The fraction of sp³-hybridized carbons (Fsp3) is 0.125. The number of hydrogen-bond donors (Lipinski definition) is 0. The molecule has 1 rings (SSSR count). The maximum absolute atomic E-state index is 10.4. The molecule has 0 unspecified atom stereocenters. The number of carbonyl (C=O) groups is 1. The van der Waals surface area contributed by atoms with Crippen LogP contribution in [-0.4, -0.2) is 3.98 Å². The summed E-state index contributed by atoms with van der Waals surface area (Å²) in [5.41, 5.74) is 1.01. The van der Waals surface area contributed by atoms with E-state index in [0.29, 0.717) is 6.61 Å². The van der Waals surface area contributed by atoms with Crippen molar-refractivity contribution in [2.24, 2.45) is 0 Å². The van der Waals surface area contributed by atoms with Crippen LogP contribution in [-0.2, 0) is 11.3 Å². The zero-order chi connectivity index (χ0) is 8.10. The molecule has 0 saturated carbocycles. The fourth-order valence-electron chi connectivity index (χ4n) is 0.714. The van der Waals surface area contributed by atoms with Gasteiger partial charge in [-0.15, -0.1) is 0 Å². The molecule has 0 bridgehead atoms. The van der Waals surface area contributed by atoms with Crippen LogP contribution in [0.15, 0.2) is 30.3 Å². The average molecular weight is 262 g/mol. The number of carbonyl (C=O) groups excluding carboxylic acids is 1. The molecule has 11 heavy (non-hydrogen) atoms. The molecule has 0 aliphatic heterocycles. The number of hydrogen-bond acceptors (Lipinski definition) is 2. The van der Waals surface area contributed by atoms with Gasteiger partial charge in [-0.2, -0.15) is 0 Å². The highest BCUT2D eigenvalue weighted by atomic mass is 127. The Labute approximate surface area is 78.7 Å². The SMILES string of the molecule is O=C(I)OCc1ccccc1. The predicted octanol–water partition coefficient (Wildman–Crippen LogP) is 2.76. The van der Waals surface area contributed by atoms with Gasteiger partial charge in [-0.3, -0.25) is 0 Å². The molecule has 0 fully saturated rings. The molecular weight excluding hydrogens is 255 g/mol. The van der Waals surface area contributed by atoms with Crippen molar-refractivity contribution in [1.82, 2.24) is 0 Å². The smallest absolute Gasteiger partial charge is 0.367 e. The van der Waals surface area contributed by atoms with E-state index in [1.54, 1.807) is 22.6 Å². The van der Waals surface area contributed by atoms with E-state index in [-0.39, 0.29) is 3.98 Å². The monoisotopic (exact) mass is 262 g/mol. The van der Waals surface area contributed by atoms with Gasteiger partial charge in [0, 0.05) is 0 Å². The van der Waals surface area contributed by atoms with E-state index in [4.69, 9.17) is 4.74 Å². The van der Waals surface area contributed by atoms with Crippen LogP contribution >= 0.6 is 22.6 Å². The van der Waals surface area contributed by atoms with E-state index >= 15 is 0 Å². The molecule has 58 valence electrons. The Morgan fingerprint density at radius 3 is 2.55 bits per heavy atom. The Bertz CT molecular complexity index is 233. The molecule has 0 aromatic heterocycles. The first kappa shape index (κ1) is 8.52. The zero-order valence-electron chi connectivity index (χ0n) is 5.79. The standard InChI is InChI=1S/C8H7IO2/c9-8(10)11-6-7-4-2-1-3-5-7/h1-5H,6H2. The molecule has 0 saturated heterocycles. The first-order valence-corrected chi connectivity index (χ1v) is 4.23. The van der Waals surface area contributed by atoms with Crippen molar-refractivity contribution in [3.8, 4) is 0 Å². The molecule has 3 heteroatoms. The molecule has 0 radical (unpaired) electrons. The van der Waals surface area contributed by atoms with Gasteiger partial charge in [0.2, 0.25) is 0 Å². The van der Waals surface area contributed by atoms with E-state index in [2.05, 4.69) is 0 Å². The minimum absolute atomic E-state index is 0.272. The molecule has 0 atom stereocenters. The quantitative estimate of drug-likeness (QED) is 0.605. The summed E-state index contributed by atoms with van der Waals surface area (Å²) in [6.07, 6.45) is 0. The van der Waals surface area contributed by atoms with Crippen molar-refractivity contribution in [3.05, 3.63) is 35.9 Å². The van der Waals surface area contributed by atoms with Gasteiger partial charge in [0.1, 0.15) is 6.61 Å². The van der Waals surface area contributed by atoms with Gasteiger partial charge < -0.3 is 4.74 Å². The molecule has 1 aromatic rings. The summed E-state index contributed by atoms with van der Waals surface area (Å²) in [7, 11) is 0. The van der Waals surface area contributed by atoms with Crippen molar-refractivity contribution in [3.63, 3.8) is 0 Å². The summed E-state index contributed by atoms with van der Waals surface area (Å²) in [6.45, 7) is 0.364. The van der Waals surface area contributed by atoms with Crippen molar-refractivity contribution >= 4 is 26.6 Å². The van der Waals surface area contributed by atoms with Gasteiger partial charge in [0.25, 0.3) is 0 Å². The van der Waals surface area contributed by atoms with E-state index in [1.165, 1.54) is 0 Å². The lowest BCUT2D eigenvalue weighted by molar-refractivity contribution is 0.172. The third-order valence-electron chi connectivity index (χ3n) is 1.20. The average Bonchev–Trinajstić information content (AvgIpc) is 2.03. The first-order chi connectivity index (χ1) is 5.29. The normalized spacial score (nSPS) is 9.18. The highest BCUT2D eigenvalue weighted by Gasteiger charge is 1.94. The molecule has 0 aliphatic rings. The molecule has 0 aliphatic carbocycles. The van der Waals surface area contributed by atoms with Crippen LogP contribution in [0.3, 0.4) is 0 Å². The van der Waals surface area contributed by atoms with E-state index in [0.717, 1.165) is 5.56 Å². The third-order valence-corrected chi connectivity index (χ3v) is 1.51. The van der Waals surface area contributed by atoms with Gasteiger partial charge in [-0.25, -0.2) is 4.79 Å². The van der Waals surface area contributed by atoms with Gasteiger partial charge in [-0.05, 0) is 5.56 Å². The topological polar surface area (TPSA) is 26.3 Å². The van der Waals surface area contributed by atoms with Crippen LogP contribution in [0.5, 0.6) is 0 Å². The van der Waals surface area contributed by atoms with E-state index in [1.807, 2.05) is 30.3 Å². The van der Waals surface area contributed by atoms with Gasteiger partial charge in [0.05, 0.1) is 22.6 Å². The van der Waals surface area contributed by atoms with Crippen LogP contribution in [0.25, 0.3) is 0 Å². The van der Waals surface area contributed by atoms with E-state index < -0.39 is 0 Å². The minimum atomic E-state index is -0.272. The van der Waals surface area contributed by atoms with Crippen LogP contribution in [0.4, 0.5) is 4.79 Å². The minimum Gasteiger partial charge on any atom is -0.453 e. The zero-order valence-corrected chi connectivity index (χ0v) is 7.95. The van der Waals surface area contributed by atoms with Crippen molar-refractivity contribution in [2.45, 2.75) is 6.61 Å². The van der Waals surface area contributed by atoms with Crippen LogP contribution in [0.2, 0.25) is 0 Å². The molecule has 0 spiro atoms. The molecular formula is C8H7IO2. The molecule has 0 N–H and O–H groups in total. The lowest BCUT2D eigenvalue weighted by Crippen LogP contribution is -1.93. The van der Waals surface area contributed by atoms with E-state index in [9.17, 15) is 4.79 Å². The molecule has 1 aromatic carbocycles. The fourth-order valence-corrected chi connectivity index (χ4v) is 0.870. The van der Waals surface area contributed by atoms with Gasteiger partial charge in [0.15, 0.2) is 0 Å². The Morgan fingerprint density at radius 1 is 1.36 bits per heavy atom. The van der Waals surface area contributed by atoms with Crippen molar-refractivity contribution < 1.29 is 9.53 Å². The van der Waals surface area contributed by atoms with Gasteiger partial charge >= 0.3 is 3.98 Å². The molecule has 2 nitrogen and oxygen atoms in total. The second-order valence-corrected chi connectivity index (χ2v) is 2.89. The second kappa shape index (κ2) is 4.33. The number of rotatable bonds is 2. The number of ether oxygens (including phenoxy) is 1. The van der Waals surface area contributed by atoms with Crippen LogP contribution < -0.4 is 0 Å². The number of halogens is 1. The summed E-state index contributed by atoms with van der Waals surface area (Å²) < 4.78 is 4.50. The molecule has 0 amide bonds. The van der Waals surface area contributed by atoms with Crippen molar-refractivity contribution in [1.29, 1.82) is 0 Å². The highest BCUT2D eigenvalue weighted by molar-refractivity contribution is 14.1. The van der Waals surface area contributed by atoms with Crippen LogP contribution in [0.1, 0.15) is 5.56 Å². The first-order valence-electron chi connectivity index (χ1n) is 3.15. The third kappa shape index (κ3) is 3.36. The molecule has 0 heterocycles. The largest absolute Gasteiger partial charge is 0.453 e. The lowest BCUT2D eigenvalue weighted by Gasteiger charge is -1.98. The summed E-state index contributed by atoms with van der Waals surface area (Å²) in [4.78, 5) is 10.4. The predicted molar refractivity (Wildman–Crippen MR) is 50.6 cm³/mol. The Balaban J connectivity index is 2.45. The summed E-state index contributed by atoms with van der Waals surface area (Å²) in [6, 6.07) is 9.58. The van der Waals surface area contributed by atoms with Crippen LogP contribution in [0, 0.1) is 0 Å².